The first kappa shape index (κ1) is 21.6. The van der Waals surface area contributed by atoms with Crippen molar-refractivity contribution < 1.29 is 4.74 Å². The average Bonchev–Trinajstić information content (AvgIpc) is 3.37. The van der Waals surface area contributed by atoms with Crippen LogP contribution in [0.1, 0.15) is 44.0 Å². The van der Waals surface area contributed by atoms with Gasteiger partial charge < -0.3 is 9.64 Å². The molecular weight excluding hydrogens is 438 g/mol. The Kier molecular flexibility index (Phi) is 5.58. The normalized spacial score (nSPS) is 17.0. The van der Waals surface area contributed by atoms with Crippen LogP contribution in [0.4, 0.5) is 5.95 Å². The number of hydrogen-bond acceptors (Lipinski definition) is 7. The smallest absolute Gasteiger partial charge is 0.226 e. The highest BCUT2D eigenvalue weighted by atomic mass is 16.5. The van der Waals surface area contributed by atoms with Crippen LogP contribution in [-0.2, 0) is 4.74 Å². The molecule has 2 unspecified atom stereocenters. The minimum atomic E-state index is -0.0670. The van der Waals surface area contributed by atoms with E-state index in [4.69, 9.17) is 9.72 Å². The number of rotatable bonds is 5. The van der Waals surface area contributed by atoms with E-state index in [0.29, 0.717) is 5.95 Å². The molecule has 8 heteroatoms. The van der Waals surface area contributed by atoms with Crippen LogP contribution in [0.25, 0.3) is 33.2 Å². The lowest BCUT2D eigenvalue weighted by Gasteiger charge is -2.25. The second-order valence-corrected chi connectivity index (χ2v) is 9.01. The maximum atomic E-state index is 5.93. The van der Waals surface area contributed by atoms with E-state index in [9.17, 15) is 0 Å². The molecule has 5 aromatic rings. The van der Waals surface area contributed by atoms with E-state index >= 15 is 0 Å². The molecule has 35 heavy (non-hydrogen) atoms. The monoisotopic (exact) mass is 465 g/mol. The van der Waals surface area contributed by atoms with E-state index in [1.807, 2.05) is 36.3 Å². The minimum Gasteiger partial charge on any atom is -0.356 e. The van der Waals surface area contributed by atoms with Gasteiger partial charge in [0, 0.05) is 30.8 Å². The van der Waals surface area contributed by atoms with Crippen LogP contribution >= 0.6 is 0 Å². The van der Waals surface area contributed by atoms with Crippen LogP contribution in [0.2, 0.25) is 0 Å². The first-order chi connectivity index (χ1) is 17.2. The predicted molar refractivity (Wildman–Crippen MR) is 136 cm³/mol. The highest BCUT2D eigenvalue weighted by Gasteiger charge is 2.21. The van der Waals surface area contributed by atoms with Crippen molar-refractivity contribution in [2.75, 3.05) is 18.6 Å². The van der Waals surface area contributed by atoms with Crippen LogP contribution in [0.15, 0.2) is 67.3 Å². The van der Waals surface area contributed by atoms with Crippen molar-refractivity contribution in [3.05, 3.63) is 72.8 Å². The first-order valence-electron chi connectivity index (χ1n) is 12.0. The quantitative estimate of drug-likeness (QED) is 0.347. The number of fused-ring (bicyclic) bond motifs is 2. The van der Waals surface area contributed by atoms with Crippen molar-refractivity contribution in [3.63, 3.8) is 0 Å². The van der Waals surface area contributed by atoms with E-state index in [1.165, 1.54) is 5.56 Å². The molecule has 3 aromatic heterocycles. The molecule has 176 valence electrons. The van der Waals surface area contributed by atoms with Crippen molar-refractivity contribution >= 4 is 27.9 Å². The molecule has 0 saturated carbocycles. The van der Waals surface area contributed by atoms with Gasteiger partial charge in [-0.2, -0.15) is 5.10 Å². The van der Waals surface area contributed by atoms with E-state index in [-0.39, 0.29) is 12.3 Å². The molecule has 2 atom stereocenters. The predicted octanol–water partition coefficient (Wildman–Crippen LogP) is 5.33. The molecule has 8 nitrogen and oxygen atoms in total. The SMILES string of the molecule is CC(c1ccccc1)N(C)c1ncc2cc(-c3ncnc4c3cnn4C3CCCCO3)ccc2n1. The third kappa shape index (κ3) is 4.00. The fraction of sp³-hybridized carbons (Fsp3) is 0.296. The molecule has 6 rings (SSSR count). The second kappa shape index (κ2) is 9.03. The third-order valence-electron chi connectivity index (χ3n) is 6.84. The number of hydrogen-bond donors (Lipinski definition) is 0. The largest absolute Gasteiger partial charge is 0.356 e. The fourth-order valence-electron chi connectivity index (χ4n) is 4.69. The summed E-state index contributed by atoms with van der Waals surface area (Å²) in [7, 11) is 2.03. The zero-order chi connectivity index (χ0) is 23.8. The standard InChI is InChI=1S/C27H27N7O/c1-18(19-8-4-3-5-9-19)33(2)27-28-15-21-14-20(11-12-23(21)32-27)25-22-16-31-34(26(22)30-17-29-25)24-10-6-7-13-35-24/h3-5,8-9,11-12,14-18,24H,6-7,10,13H2,1-2H3. The Hall–Kier alpha value is -3.91. The second-order valence-electron chi connectivity index (χ2n) is 9.01. The van der Waals surface area contributed by atoms with Gasteiger partial charge in [-0.1, -0.05) is 36.4 Å². The number of aromatic nitrogens is 6. The van der Waals surface area contributed by atoms with E-state index in [2.05, 4.69) is 68.3 Å². The minimum absolute atomic E-state index is 0.0670. The molecular formula is C27H27N7O. The number of anilines is 1. The summed E-state index contributed by atoms with van der Waals surface area (Å²) in [5.74, 6) is 0.694. The Bertz CT molecular complexity index is 1480. The van der Waals surface area contributed by atoms with Crippen LogP contribution in [0.5, 0.6) is 0 Å². The van der Waals surface area contributed by atoms with Crippen molar-refractivity contribution in [1.82, 2.24) is 29.7 Å². The maximum Gasteiger partial charge on any atom is 0.226 e. The van der Waals surface area contributed by atoms with Crippen molar-refractivity contribution in [2.45, 2.75) is 38.5 Å². The third-order valence-corrected chi connectivity index (χ3v) is 6.84. The van der Waals surface area contributed by atoms with Crippen LogP contribution in [-0.4, -0.2) is 43.4 Å². The number of ether oxygens (including phenoxy) is 1. The molecule has 4 heterocycles. The summed E-state index contributed by atoms with van der Waals surface area (Å²) < 4.78 is 7.82. The summed E-state index contributed by atoms with van der Waals surface area (Å²) in [6, 6.07) is 16.7. The van der Waals surface area contributed by atoms with Crippen LogP contribution in [0, 0.1) is 0 Å². The van der Waals surface area contributed by atoms with Gasteiger partial charge in [-0.05, 0) is 43.9 Å². The summed E-state index contributed by atoms with van der Waals surface area (Å²) in [4.78, 5) is 20.7. The lowest BCUT2D eigenvalue weighted by molar-refractivity contribution is -0.0370. The summed E-state index contributed by atoms with van der Waals surface area (Å²) in [5, 5.41) is 6.47. The van der Waals surface area contributed by atoms with Crippen molar-refractivity contribution in [1.29, 1.82) is 0 Å². The van der Waals surface area contributed by atoms with Gasteiger partial charge in [0.2, 0.25) is 5.95 Å². The first-order valence-corrected chi connectivity index (χ1v) is 12.0. The van der Waals surface area contributed by atoms with Gasteiger partial charge in [0.25, 0.3) is 0 Å². The van der Waals surface area contributed by atoms with E-state index in [0.717, 1.165) is 59.1 Å². The van der Waals surface area contributed by atoms with Gasteiger partial charge in [-0.15, -0.1) is 0 Å². The molecule has 1 fully saturated rings. The lowest BCUT2D eigenvalue weighted by Crippen LogP contribution is -2.23. The fourth-order valence-corrected chi connectivity index (χ4v) is 4.69. The van der Waals surface area contributed by atoms with Crippen LogP contribution in [0.3, 0.4) is 0 Å². The van der Waals surface area contributed by atoms with Crippen molar-refractivity contribution in [3.8, 4) is 11.3 Å². The Morgan fingerprint density at radius 1 is 1.03 bits per heavy atom. The van der Waals surface area contributed by atoms with E-state index in [1.54, 1.807) is 6.33 Å². The van der Waals surface area contributed by atoms with Gasteiger partial charge in [-0.3, -0.25) is 0 Å². The molecule has 0 N–H and O–H groups in total. The van der Waals surface area contributed by atoms with Gasteiger partial charge in [-0.25, -0.2) is 24.6 Å². The molecule has 1 saturated heterocycles. The number of benzene rings is 2. The summed E-state index contributed by atoms with van der Waals surface area (Å²) in [6.07, 6.45) is 8.43. The lowest BCUT2D eigenvalue weighted by atomic mass is 10.1. The molecule has 0 bridgehead atoms. The summed E-state index contributed by atoms with van der Waals surface area (Å²) in [6.45, 7) is 2.92. The van der Waals surface area contributed by atoms with Crippen LogP contribution < -0.4 is 4.90 Å². The maximum absolute atomic E-state index is 5.93. The zero-order valence-electron chi connectivity index (χ0n) is 19.9. The molecule has 2 aromatic carbocycles. The summed E-state index contributed by atoms with van der Waals surface area (Å²) >= 11 is 0. The highest BCUT2D eigenvalue weighted by molar-refractivity contribution is 5.93. The van der Waals surface area contributed by atoms with Gasteiger partial charge in [0.05, 0.1) is 28.8 Å². The molecule has 0 aliphatic carbocycles. The molecule has 1 aliphatic heterocycles. The van der Waals surface area contributed by atoms with Gasteiger partial charge in [0.1, 0.15) is 6.33 Å². The van der Waals surface area contributed by atoms with Gasteiger partial charge >= 0.3 is 0 Å². The Morgan fingerprint density at radius 3 is 2.74 bits per heavy atom. The topological polar surface area (TPSA) is 81.9 Å². The molecule has 1 aliphatic rings. The van der Waals surface area contributed by atoms with Gasteiger partial charge in [0.15, 0.2) is 11.9 Å². The zero-order valence-corrected chi connectivity index (χ0v) is 19.9. The Morgan fingerprint density at radius 2 is 1.91 bits per heavy atom. The Labute approximate surface area is 203 Å². The molecule has 0 spiro atoms. The van der Waals surface area contributed by atoms with E-state index < -0.39 is 0 Å². The van der Waals surface area contributed by atoms with Crippen molar-refractivity contribution in [2.24, 2.45) is 0 Å². The highest BCUT2D eigenvalue weighted by Crippen LogP contribution is 2.31. The average molecular weight is 466 g/mol. The molecule has 0 amide bonds. The number of nitrogens with zero attached hydrogens (tertiary/aromatic N) is 7. The summed E-state index contributed by atoms with van der Waals surface area (Å²) in [5.41, 5.74) is 4.74. The molecule has 0 radical (unpaired) electrons. The Balaban J connectivity index is 1.32.